The molecule has 0 bridgehead atoms. The molecule has 2 rings (SSSR count). The van der Waals surface area contributed by atoms with Crippen molar-refractivity contribution in [1.82, 2.24) is 10.2 Å². The van der Waals surface area contributed by atoms with E-state index < -0.39 is 0 Å². The molecule has 1 atom stereocenters. The maximum Gasteiger partial charge on any atom is 0.0236 e. The molecule has 3 heteroatoms. The van der Waals surface area contributed by atoms with Gasteiger partial charge in [-0.05, 0) is 86.0 Å². The van der Waals surface area contributed by atoms with Crippen LogP contribution in [0.3, 0.4) is 0 Å². The van der Waals surface area contributed by atoms with Crippen molar-refractivity contribution in [3.05, 3.63) is 33.4 Å². The van der Waals surface area contributed by atoms with Gasteiger partial charge in [-0.15, -0.1) is 0 Å². The molecule has 1 aliphatic rings. The van der Waals surface area contributed by atoms with Gasteiger partial charge in [0.25, 0.3) is 0 Å². The Morgan fingerprint density at radius 1 is 1.32 bits per heavy atom. The lowest BCUT2D eigenvalue weighted by atomic mass is 9.98. The molecule has 1 saturated heterocycles. The Balaban J connectivity index is 1.93. The van der Waals surface area contributed by atoms with Crippen LogP contribution >= 0.6 is 22.6 Å². The van der Waals surface area contributed by atoms with E-state index in [2.05, 4.69) is 70.9 Å². The normalized spacial score (nSPS) is 20.2. The monoisotopic (exact) mass is 372 g/mol. The van der Waals surface area contributed by atoms with Crippen molar-refractivity contribution >= 4 is 22.6 Å². The Hall–Kier alpha value is -0.130. The van der Waals surface area contributed by atoms with Gasteiger partial charge in [0, 0.05) is 22.7 Å². The van der Waals surface area contributed by atoms with Crippen molar-refractivity contribution in [3.8, 4) is 0 Å². The molecule has 1 heterocycles. The Morgan fingerprint density at radius 3 is 2.63 bits per heavy atom. The number of nitrogens with one attached hydrogen (secondary N) is 1. The summed E-state index contributed by atoms with van der Waals surface area (Å²) in [5.74, 6) is 0.819. The maximum atomic E-state index is 3.52. The number of hydrogen-bond donors (Lipinski definition) is 1. The van der Waals surface area contributed by atoms with Crippen molar-refractivity contribution in [2.75, 3.05) is 19.6 Å². The van der Waals surface area contributed by atoms with Gasteiger partial charge in [-0.1, -0.05) is 12.1 Å². The van der Waals surface area contributed by atoms with E-state index in [1.165, 1.54) is 41.6 Å². The highest BCUT2D eigenvalue weighted by Gasteiger charge is 2.18. The van der Waals surface area contributed by atoms with Crippen molar-refractivity contribution in [3.63, 3.8) is 0 Å². The molecule has 0 spiro atoms. The second kappa shape index (κ2) is 7.60. The van der Waals surface area contributed by atoms with Crippen LogP contribution < -0.4 is 5.32 Å². The summed E-state index contributed by atoms with van der Waals surface area (Å²) >= 11 is 2.37. The van der Waals surface area contributed by atoms with Gasteiger partial charge in [0.1, 0.15) is 0 Å². The first kappa shape index (κ1) is 15.3. The molecule has 1 aromatic rings. The summed E-state index contributed by atoms with van der Waals surface area (Å²) in [7, 11) is 0. The van der Waals surface area contributed by atoms with Crippen LogP contribution in [0.4, 0.5) is 0 Å². The predicted molar refractivity (Wildman–Crippen MR) is 90.3 cm³/mol. The van der Waals surface area contributed by atoms with E-state index in [9.17, 15) is 0 Å². The molecule has 0 aliphatic carbocycles. The third-order valence-electron chi connectivity index (χ3n) is 3.92. The predicted octanol–water partition coefficient (Wildman–Crippen LogP) is 3.50. The van der Waals surface area contributed by atoms with E-state index in [-0.39, 0.29) is 0 Å². The first-order chi connectivity index (χ1) is 9.15. The lowest BCUT2D eigenvalue weighted by Gasteiger charge is -2.32. The minimum Gasteiger partial charge on any atom is -0.316 e. The van der Waals surface area contributed by atoms with Crippen LogP contribution in [0.25, 0.3) is 0 Å². The molecule has 1 aliphatic heterocycles. The van der Waals surface area contributed by atoms with Crippen LogP contribution in [-0.2, 0) is 6.54 Å². The fourth-order valence-corrected chi connectivity index (χ4v) is 3.05. The number of hydrogen-bond acceptors (Lipinski definition) is 2. The number of piperidine rings is 1. The largest absolute Gasteiger partial charge is 0.316 e. The molecule has 2 nitrogen and oxygen atoms in total. The van der Waals surface area contributed by atoms with Crippen LogP contribution in [0.15, 0.2) is 24.3 Å². The van der Waals surface area contributed by atoms with Crippen molar-refractivity contribution < 1.29 is 0 Å². The smallest absolute Gasteiger partial charge is 0.0236 e. The zero-order chi connectivity index (χ0) is 13.7. The van der Waals surface area contributed by atoms with E-state index in [1.54, 1.807) is 0 Å². The SMILES string of the molecule is CC(C)N(Cc1ccc(I)cc1)CC1CCCNC1. The molecule has 1 N–H and O–H groups in total. The van der Waals surface area contributed by atoms with Gasteiger partial charge < -0.3 is 5.32 Å². The summed E-state index contributed by atoms with van der Waals surface area (Å²) in [4.78, 5) is 2.61. The van der Waals surface area contributed by atoms with Crippen LogP contribution in [-0.4, -0.2) is 30.6 Å². The molecule has 0 saturated carbocycles. The fraction of sp³-hybridized carbons (Fsp3) is 0.625. The summed E-state index contributed by atoms with van der Waals surface area (Å²) in [5, 5.41) is 3.52. The standard InChI is InChI=1S/C16H25IN2/c1-13(2)19(12-15-4-3-9-18-10-15)11-14-5-7-16(17)8-6-14/h5-8,13,15,18H,3-4,9-12H2,1-2H3. The number of halogens is 1. The zero-order valence-corrected chi connectivity index (χ0v) is 14.2. The molecule has 0 amide bonds. The highest BCUT2D eigenvalue weighted by atomic mass is 127. The average molecular weight is 372 g/mol. The molecule has 0 radical (unpaired) electrons. The summed E-state index contributed by atoms with van der Waals surface area (Å²) in [6.07, 6.45) is 2.71. The van der Waals surface area contributed by atoms with Crippen LogP contribution in [0.2, 0.25) is 0 Å². The molecular formula is C16H25IN2. The molecule has 106 valence electrons. The topological polar surface area (TPSA) is 15.3 Å². The van der Waals surface area contributed by atoms with Crippen LogP contribution in [0.1, 0.15) is 32.3 Å². The number of nitrogens with zero attached hydrogens (tertiary/aromatic N) is 1. The Bertz CT molecular complexity index is 369. The van der Waals surface area contributed by atoms with Gasteiger partial charge in [-0.3, -0.25) is 4.90 Å². The summed E-state index contributed by atoms with van der Waals surface area (Å²) < 4.78 is 1.31. The van der Waals surface area contributed by atoms with Gasteiger partial charge in [0.15, 0.2) is 0 Å². The Labute approximate surface area is 131 Å². The summed E-state index contributed by atoms with van der Waals surface area (Å²) in [6, 6.07) is 9.54. The first-order valence-corrected chi connectivity index (χ1v) is 8.42. The fourth-order valence-electron chi connectivity index (χ4n) is 2.69. The molecule has 1 aromatic carbocycles. The number of benzene rings is 1. The Kier molecular flexibility index (Phi) is 6.10. The third-order valence-corrected chi connectivity index (χ3v) is 4.64. The highest BCUT2D eigenvalue weighted by Crippen LogP contribution is 2.16. The average Bonchev–Trinajstić information content (AvgIpc) is 2.41. The zero-order valence-electron chi connectivity index (χ0n) is 12.0. The summed E-state index contributed by atoms with van der Waals surface area (Å²) in [5.41, 5.74) is 1.43. The van der Waals surface area contributed by atoms with E-state index in [0.29, 0.717) is 6.04 Å². The first-order valence-electron chi connectivity index (χ1n) is 7.34. The van der Waals surface area contributed by atoms with Crippen LogP contribution in [0.5, 0.6) is 0 Å². The quantitative estimate of drug-likeness (QED) is 0.796. The van der Waals surface area contributed by atoms with Crippen molar-refractivity contribution in [1.29, 1.82) is 0 Å². The second-order valence-corrected chi connectivity index (χ2v) is 7.11. The van der Waals surface area contributed by atoms with Crippen molar-refractivity contribution in [2.45, 2.75) is 39.3 Å². The van der Waals surface area contributed by atoms with E-state index in [0.717, 1.165) is 12.5 Å². The minimum absolute atomic E-state index is 0.612. The van der Waals surface area contributed by atoms with Gasteiger partial charge in [0.05, 0.1) is 0 Å². The van der Waals surface area contributed by atoms with E-state index in [4.69, 9.17) is 0 Å². The van der Waals surface area contributed by atoms with Crippen LogP contribution in [0, 0.1) is 9.49 Å². The third kappa shape index (κ3) is 5.04. The maximum absolute atomic E-state index is 3.52. The van der Waals surface area contributed by atoms with E-state index in [1.807, 2.05) is 0 Å². The minimum atomic E-state index is 0.612. The lowest BCUT2D eigenvalue weighted by molar-refractivity contribution is 0.164. The highest BCUT2D eigenvalue weighted by molar-refractivity contribution is 14.1. The van der Waals surface area contributed by atoms with Gasteiger partial charge in [-0.2, -0.15) is 0 Å². The van der Waals surface area contributed by atoms with E-state index >= 15 is 0 Å². The van der Waals surface area contributed by atoms with Gasteiger partial charge in [-0.25, -0.2) is 0 Å². The molecular weight excluding hydrogens is 347 g/mol. The lowest BCUT2D eigenvalue weighted by Crippen LogP contribution is -2.40. The molecule has 1 fully saturated rings. The molecule has 1 unspecified atom stereocenters. The molecule has 19 heavy (non-hydrogen) atoms. The summed E-state index contributed by atoms with van der Waals surface area (Å²) in [6.45, 7) is 9.30. The van der Waals surface area contributed by atoms with Gasteiger partial charge >= 0.3 is 0 Å². The second-order valence-electron chi connectivity index (χ2n) is 5.86. The number of rotatable bonds is 5. The van der Waals surface area contributed by atoms with Gasteiger partial charge in [0.2, 0.25) is 0 Å². The Morgan fingerprint density at radius 2 is 2.05 bits per heavy atom. The van der Waals surface area contributed by atoms with Crippen molar-refractivity contribution in [2.24, 2.45) is 5.92 Å². The molecule has 0 aromatic heterocycles.